The lowest BCUT2D eigenvalue weighted by Gasteiger charge is -2.09. The number of rotatable bonds is 11. The molecule has 35 heavy (non-hydrogen) atoms. The van der Waals surface area contributed by atoms with Crippen molar-refractivity contribution >= 4 is 35.1 Å². The molecule has 182 valence electrons. The summed E-state index contributed by atoms with van der Waals surface area (Å²) in [7, 11) is 0. The van der Waals surface area contributed by atoms with Gasteiger partial charge in [0.05, 0.1) is 11.3 Å². The van der Waals surface area contributed by atoms with Gasteiger partial charge in [-0.3, -0.25) is 4.79 Å². The fourth-order valence-corrected chi connectivity index (χ4v) is 3.73. The lowest BCUT2D eigenvalue weighted by molar-refractivity contribution is -0.121. The van der Waals surface area contributed by atoms with Gasteiger partial charge in [0.25, 0.3) is 0 Å². The summed E-state index contributed by atoms with van der Waals surface area (Å²) < 4.78 is 5.42. The smallest absolute Gasteiger partial charge is 0.343 e. The fraction of sp³-hybridized carbons (Fsp3) is 0.222. The Bertz CT molecular complexity index is 1160. The molecule has 0 unspecified atom stereocenters. The topological polar surface area (TPSA) is 120 Å². The van der Waals surface area contributed by atoms with Gasteiger partial charge in [-0.1, -0.05) is 48.0 Å². The van der Waals surface area contributed by atoms with Gasteiger partial charge >= 0.3 is 5.97 Å². The highest BCUT2D eigenvalue weighted by atomic mass is 35.5. The molecular formula is C27H29ClN4O3. The molecule has 3 aromatic carbocycles. The number of ether oxygens (including phenoxy) is 1. The molecule has 0 aliphatic rings. The number of hydrogen-bond acceptors (Lipinski definition) is 4. The van der Waals surface area contributed by atoms with E-state index < -0.39 is 5.97 Å². The van der Waals surface area contributed by atoms with Crippen molar-refractivity contribution in [3.05, 3.63) is 94.5 Å². The van der Waals surface area contributed by atoms with Crippen LogP contribution < -0.4 is 21.5 Å². The van der Waals surface area contributed by atoms with Crippen LogP contribution in [0.25, 0.3) is 0 Å². The summed E-state index contributed by atoms with van der Waals surface area (Å²) in [4.78, 5) is 28.3. The summed E-state index contributed by atoms with van der Waals surface area (Å²) in [6.07, 6.45) is 3.62. The van der Waals surface area contributed by atoms with Gasteiger partial charge in [-0.25, -0.2) is 9.79 Å². The van der Waals surface area contributed by atoms with Gasteiger partial charge in [0, 0.05) is 18.0 Å². The molecule has 0 aromatic heterocycles. The van der Waals surface area contributed by atoms with Crippen molar-refractivity contribution in [3.63, 3.8) is 0 Å². The number of guanidine groups is 1. The number of unbranched alkanes of at least 4 members (excludes halogenated alkanes) is 1. The lowest BCUT2D eigenvalue weighted by atomic mass is 10.1. The zero-order valence-corrected chi connectivity index (χ0v) is 20.1. The molecule has 0 bridgehead atoms. The van der Waals surface area contributed by atoms with Crippen LogP contribution in [0.2, 0.25) is 5.02 Å². The van der Waals surface area contributed by atoms with Crippen molar-refractivity contribution < 1.29 is 14.3 Å². The van der Waals surface area contributed by atoms with Gasteiger partial charge in [-0.2, -0.15) is 0 Å². The average Bonchev–Trinajstić information content (AvgIpc) is 2.83. The minimum absolute atomic E-state index is 0.0561. The first-order chi connectivity index (χ1) is 16.9. The molecular weight excluding hydrogens is 464 g/mol. The molecule has 0 aliphatic carbocycles. The van der Waals surface area contributed by atoms with E-state index in [4.69, 9.17) is 27.8 Å². The second kappa shape index (κ2) is 13.2. The zero-order valence-electron chi connectivity index (χ0n) is 19.4. The quantitative estimate of drug-likeness (QED) is 0.119. The Kier molecular flexibility index (Phi) is 9.69. The van der Waals surface area contributed by atoms with E-state index in [1.807, 2.05) is 24.3 Å². The van der Waals surface area contributed by atoms with Crippen molar-refractivity contribution in [1.82, 2.24) is 5.32 Å². The van der Waals surface area contributed by atoms with E-state index in [-0.39, 0.29) is 11.9 Å². The van der Waals surface area contributed by atoms with Gasteiger partial charge in [-0.05, 0) is 73.2 Å². The first kappa shape index (κ1) is 25.8. The summed E-state index contributed by atoms with van der Waals surface area (Å²) in [5.74, 6) is -0.157. The Morgan fingerprint density at radius 1 is 0.914 bits per heavy atom. The largest absolute Gasteiger partial charge is 0.423 e. The number of amides is 1. The molecule has 3 aromatic rings. The van der Waals surface area contributed by atoms with E-state index in [0.29, 0.717) is 35.0 Å². The number of nitrogens with zero attached hydrogens (tertiary/aromatic N) is 1. The number of esters is 1. The summed E-state index contributed by atoms with van der Waals surface area (Å²) in [5, 5.41) is 3.48. The number of carbonyl (C=O) groups excluding carboxylic acids is 2. The zero-order chi connectivity index (χ0) is 25.0. The number of hydrogen-bond donors (Lipinski definition) is 3. The van der Waals surface area contributed by atoms with Crippen LogP contribution in [0.4, 0.5) is 5.69 Å². The molecule has 0 atom stereocenters. The van der Waals surface area contributed by atoms with E-state index in [9.17, 15) is 9.59 Å². The number of nitrogens with one attached hydrogen (secondary N) is 1. The Balaban J connectivity index is 1.39. The maximum atomic E-state index is 12.4. The Labute approximate surface area is 210 Å². The summed E-state index contributed by atoms with van der Waals surface area (Å²) >= 11 is 6.39. The third-order valence-corrected chi connectivity index (χ3v) is 5.63. The van der Waals surface area contributed by atoms with Gasteiger partial charge in [-0.15, -0.1) is 0 Å². The second-order valence-electron chi connectivity index (χ2n) is 8.02. The number of carbonyl (C=O) groups is 2. The van der Waals surface area contributed by atoms with Crippen LogP contribution in [0.1, 0.15) is 40.7 Å². The van der Waals surface area contributed by atoms with Crippen molar-refractivity contribution in [2.75, 3.05) is 6.54 Å². The predicted octanol–water partition coefficient (Wildman–Crippen LogP) is 4.54. The number of halogens is 1. The third kappa shape index (κ3) is 8.79. The first-order valence-electron chi connectivity index (χ1n) is 11.4. The van der Waals surface area contributed by atoms with E-state index in [1.54, 1.807) is 36.4 Å². The SMILES string of the molecule is NC(N)=Nc1ccc(C(=O)Oc2ccc(CCCCC(=O)NCCc3ccccc3)c(Cl)c2)cc1. The Morgan fingerprint density at radius 2 is 1.66 bits per heavy atom. The van der Waals surface area contributed by atoms with Crippen LogP contribution in [-0.4, -0.2) is 24.4 Å². The summed E-state index contributed by atoms with van der Waals surface area (Å²) in [6.45, 7) is 0.634. The van der Waals surface area contributed by atoms with Gasteiger partial charge in [0.1, 0.15) is 5.75 Å². The fourth-order valence-electron chi connectivity index (χ4n) is 3.46. The molecule has 8 heteroatoms. The second-order valence-corrected chi connectivity index (χ2v) is 8.43. The highest BCUT2D eigenvalue weighted by Gasteiger charge is 2.11. The van der Waals surface area contributed by atoms with Gasteiger partial charge in [0.15, 0.2) is 5.96 Å². The maximum absolute atomic E-state index is 12.4. The van der Waals surface area contributed by atoms with Crippen molar-refractivity contribution in [2.24, 2.45) is 16.5 Å². The van der Waals surface area contributed by atoms with Crippen LogP contribution in [0.5, 0.6) is 5.75 Å². The molecule has 0 spiro atoms. The molecule has 0 aliphatic heterocycles. The number of nitrogens with two attached hydrogens (primary N) is 2. The van der Waals surface area contributed by atoms with E-state index in [1.165, 1.54) is 5.56 Å². The van der Waals surface area contributed by atoms with E-state index in [0.717, 1.165) is 31.2 Å². The van der Waals surface area contributed by atoms with Crippen molar-refractivity contribution in [3.8, 4) is 5.75 Å². The van der Waals surface area contributed by atoms with Crippen LogP contribution in [0.3, 0.4) is 0 Å². The monoisotopic (exact) mass is 492 g/mol. The molecule has 3 rings (SSSR count). The van der Waals surface area contributed by atoms with Crippen LogP contribution in [-0.2, 0) is 17.6 Å². The highest BCUT2D eigenvalue weighted by Crippen LogP contribution is 2.25. The van der Waals surface area contributed by atoms with Crippen LogP contribution in [0, 0.1) is 0 Å². The Hall–Kier alpha value is -3.84. The van der Waals surface area contributed by atoms with E-state index >= 15 is 0 Å². The molecule has 0 saturated heterocycles. The number of benzene rings is 3. The first-order valence-corrected chi connectivity index (χ1v) is 11.8. The predicted molar refractivity (Wildman–Crippen MR) is 139 cm³/mol. The van der Waals surface area contributed by atoms with Crippen LogP contribution >= 0.6 is 11.6 Å². The molecule has 5 N–H and O–H groups in total. The van der Waals surface area contributed by atoms with Crippen molar-refractivity contribution in [1.29, 1.82) is 0 Å². The summed E-state index contributed by atoms with van der Waals surface area (Å²) in [6, 6.07) is 21.6. The third-order valence-electron chi connectivity index (χ3n) is 5.27. The van der Waals surface area contributed by atoms with E-state index in [2.05, 4.69) is 22.4 Å². The minimum atomic E-state index is -0.511. The molecule has 0 heterocycles. The van der Waals surface area contributed by atoms with Gasteiger partial charge in [0.2, 0.25) is 5.91 Å². The Morgan fingerprint density at radius 3 is 2.34 bits per heavy atom. The number of aliphatic imine (C=N–C) groups is 1. The van der Waals surface area contributed by atoms with Crippen LogP contribution in [0.15, 0.2) is 77.8 Å². The van der Waals surface area contributed by atoms with Crippen molar-refractivity contribution in [2.45, 2.75) is 32.1 Å². The molecule has 0 radical (unpaired) electrons. The minimum Gasteiger partial charge on any atom is -0.423 e. The molecule has 1 amide bonds. The average molecular weight is 493 g/mol. The standard InChI is InChI=1S/C27H29ClN4O3/c28-24-18-23(35-26(34)21-10-13-22(14-11-21)32-27(29)30)15-12-20(24)8-4-5-9-25(33)31-17-16-19-6-2-1-3-7-19/h1-3,6-7,10-15,18H,4-5,8-9,16-17H2,(H,31,33)(H4,29,30,32). The number of aryl methyl sites for hydroxylation is 1. The summed E-state index contributed by atoms with van der Waals surface area (Å²) in [5.41, 5.74) is 13.7. The highest BCUT2D eigenvalue weighted by molar-refractivity contribution is 6.31. The molecule has 0 saturated carbocycles. The normalized spacial score (nSPS) is 10.4. The van der Waals surface area contributed by atoms with Gasteiger partial charge < -0.3 is 21.5 Å². The lowest BCUT2D eigenvalue weighted by Crippen LogP contribution is -2.25. The molecule has 0 fully saturated rings. The molecule has 7 nitrogen and oxygen atoms in total. The maximum Gasteiger partial charge on any atom is 0.343 e.